The number of benzene rings is 2. The number of likely N-dealkylation sites (N-methyl/N-ethyl adjacent to an activating group) is 1. The van der Waals surface area contributed by atoms with E-state index in [2.05, 4.69) is 14.9 Å². The molecule has 33 heavy (non-hydrogen) atoms. The molecule has 1 amide bonds. The van der Waals surface area contributed by atoms with Crippen molar-refractivity contribution in [2.24, 2.45) is 4.99 Å². The number of amides is 1. The molecule has 1 aromatic heterocycles. The number of sulfonamides is 1. The summed E-state index contributed by atoms with van der Waals surface area (Å²) in [4.78, 5) is 24.2. The summed E-state index contributed by atoms with van der Waals surface area (Å²) in [6.07, 6.45) is 0. The Bertz CT molecular complexity index is 1340. The first-order valence-electron chi connectivity index (χ1n) is 10.8. The topological polar surface area (TPSA) is 89.1 Å². The molecule has 2 aromatic carbocycles. The predicted molar refractivity (Wildman–Crippen MR) is 128 cm³/mol. The summed E-state index contributed by atoms with van der Waals surface area (Å²) in [5.41, 5.74) is 2.25. The number of halogens is 1. The lowest BCUT2D eigenvalue weighted by Crippen LogP contribution is -2.50. The van der Waals surface area contributed by atoms with Crippen LogP contribution < -0.4 is 0 Å². The van der Waals surface area contributed by atoms with E-state index in [1.165, 1.54) is 4.31 Å². The third-order valence-corrected chi connectivity index (χ3v) is 8.21. The van der Waals surface area contributed by atoms with E-state index >= 15 is 0 Å². The van der Waals surface area contributed by atoms with Crippen LogP contribution in [0.25, 0.3) is 10.9 Å². The van der Waals surface area contributed by atoms with Crippen LogP contribution in [0.5, 0.6) is 0 Å². The van der Waals surface area contributed by atoms with Crippen molar-refractivity contribution >= 4 is 44.3 Å². The van der Waals surface area contributed by atoms with Gasteiger partial charge in [0.2, 0.25) is 0 Å². The van der Waals surface area contributed by atoms with E-state index in [9.17, 15) is 13.2 Å². The van der Waals surface area contributed by atoms with E-state index in [-0.39, 0.29) is 24.0 Å². The molecule has 1 fully saturated rings. The van der Waals surface area contributed by atoms with E-state index in [0.717, 1.165) is 29.9 Å². The van der Waals surface area contributed by atoms with Crippen molar-refractivity contribution < 1.29 is 13.2 Å². The first kappa shape index (κ1) is 21.9. The molecule has 2 aliphatic heterocycles. The number of piperazine rings is 1. The van der Waals surface area contributed by atoms with Crippen LogP contribution in [0.15, 0.2) is 58.5 Å². The monoisotopic (exact) mass is 485 g/mol. The molecule has 0 unspecified atom stereocenters. The summed E-state index contributed by atoms with van der Waals surface area (Å²) in [6, 6.07) is 14.3. The Morgan fingerprint density at radius 2 is 1.73 bits per heavy atom. The largest absolute Gasteiger partial charge is 0.358 e. The van der Waals surface area contributed by atoms with Crippen molar-refractivity contribution in [3.05, 3.63) is 64.7 Å². The normalized spacial score (nSPS) is 17.6. The molecular weight excluding hydrogens is 462 g/mol. The molecule has 0 spiro atoms. The molecular formula is C23H24ClN5O3S. The third-order valence-electron chi connectivity index (χ3n) is 6.15. The van der Waals surface area contributed by atoms with E-state index in [1.54, 1.807) is 29.2 Å². The minimum Gasteiger partial charge on any atom is -0.358 e. The number of nitrogens with zero attached hydrogens (tertiary/aromatic N) is 4. The maximum Gasteiger partial charge on any atom is 0.258 e. The Kier molecular flexibility index (Phi) is 5.64. The van der Waals surface area contributed by atoms with Crippen LogP contribution in [0.3, 0.4) is 0 Å². The van der Waals surface area contributed by atoms with Crippen LogP contribution in [-0.2, 0) is 10.0 Å². The second-order valence-electron chi connectivity index (χ2n) is 8.27. The molecule has 5 rings (SSSR count). The van der Waals surface area contributed by atoms with Crippen LogP contribution >= 0.6 is 11.6 Å². The SMILES string of the molecule is CN1CCN=C1c1ccc(C(=O)N2CCN(S(=O)(=O)c3cc4ccc(Cl)cc4[nH]3)CC2)cc1. The lowest BCUT2D eigenvalue weighted by molar-refractivity contribution is 0.0698. The number of H-pyrrole nitrogens is 1. The predicted octanol–water partition coefficient (Wildman–Crippen LogP) is 2.66. The number of nitrogens with one attached hydrogen (secondary N) is 1. The first-order chi connectivity index (χ1) is 15.8. The minimum atomic E-state index is -3.69. The van der Waals surface area contributed by atoms with Crippen molar-refractivity contribution in [1.82, 2.24) is 19.1 Å². The fourth-order valence-corrected chi connectivity index (χ4v) is 5.88. The standard InChI is InChI=1S/C23H24ClN5O3S/c1-27-9-8-25-22(27)16-2-4-17(5-3-16)23(30)28-10-12-29(13-11-28)33(31,32)21-14-18-6-7-19(24)15-20(18)26-21/h2-7,14-15,26H,8-13H2,1H3. The average Bonchev–Trinajstić information content (AvgIpc) is 3.45. The Labute approximate surface area is 197 Å². The molecule has 3 aromatic rings. The number of hydrogen-bond acceptors (Lipinski definition) is 5. The van der Waals surface area contributed by atoms with Crippen LogP contribution in [0, 0.1) is 0 Å². The van der Waals surface area contributed by atoms with Crippen LogP contribution in [-0.4, -0.2) is 85.6 Å². The van der Waals surface area contributed by atoms with Gasteiger partial charge in [-0.1, -0.05) is 29.8 Å². The van der Waals surface area contributed by atoms with E-state index in [4.69, 9.17) is 11.6 Å². The van der Waals surface area contributed by atoms with Gasteiger partial charge in [0.1, 0.15) is 10.9 Å². The lowest BCUT2D eigenvalue weighted by Gasteiger charge is -2.33. The minimum absolute atomic E-state index is 0.0967. The van der Waals surface area contributed by atoms with Gasteiger partial charge in [-0.2, -0.15) is 4.31 Å². The molecule has 0 radical (unpaired) electrons. The highest BCUT2D eigenvalue weighted by Crippen LogP contribution is 2.25. The number of aromatic nitrogens is 1. The number of carbonyl (C=O) groups is 1. The van der Waals surface area contributed by atoms with Gasteiger partial charge >= 0.3 is 0 Å². The van der Waals surface area contributed by atoms with Crippen molar-refractivity contribution in [3.63, 3.8) is 0 Å². The summed E-state index contributed by atoms with van der Waals surface area (Å²) in [5.74, 6) is 0.840. The summed E-state index contributed by atoms with van der Waals surface area (Å²) in [5, 5.41) is 1.46. The van der Waals surface area contributed by atoms with E-state index in [0.29, 0.717) is 29.2 Å². The molecule has 0 bridgehead atoms. The van der Waals surface area contributed by atoms with Gasteiger partial charge in [0.05, 0.1) is 6.54 Å². The molecule has 2 aliphatic rings. The van der Waals surface area contributed by atoms with Gasteiger partial charge in [-0.3, -0.25) is 9.79 Å². The Morgan fingerprint density at radius 1 is 1.00 bits per heavy atom. The smallest absolute Gasteiger partial charge is 0.258 e. The van der Waals surface area contributed by atoms with E-state index < -0.39 is 10.0 Å². The zero-order valence-electron chi connectivity index (χ0n) is 18.2. The molecule has 0 saturated carbocycles. The number of carbonyl (C=O) groups excluding carboxylic acids is 1. The lowest BCUT2D eigenvalue weighted by atomic mass is 10.1. The summed E-state index contributed by atoms with van der Waals surface area (Å²) >= 11 is 6.01. The number of aromatic amines is 1. The average molecular weight is 486 g/mol. The summed E-state index contributed by atoms with van der Waals surface area (Å²) in [7, 11) is -1.69. The molecule has 0 aliphatic carbocycles. The molecule has 10 heteroatoms. The number of fused-ring (bicyclic) bond motifs is 1. The van der Waals surface area contributed by atoms with Crippen molar-refractivity contribution in [2.45, 2.75) is 5.03 Å². The molecule has 3 heterocycles. The highest BCUT2D eigenvalue weighted by molar-refractivity contribution is 7.89. The second-order valence-corrected chi connectivity index (χ2v) is 10.6. The fourth-order valence-electron chi connectivity index (χ4n) is 4.27. The van der Waals surface area contributed by atoms with Gasteiger partial charge in [0, 0.05) is 66.8 Å². The maximum absolute atomic E-state index is 13.1. The third kappa shape index (κ3) is 4.12. The zero-order valence-corrected chi connectivity index (χ0v) is 19.7. The van der Waals surface area contributed by atoms with Crippen LogP contribution in [0.4, 0.5) is 0 Å². The summed E-state index contributed by atoms with van der Waals surface area (Å²) in [6.45, 7) is 2.83. The molecule has 0 atom stereocenters. The number of hydrogen-bond donors (Lipinski definition) is 1. The van der Waals surface area contributed by atoms with Crippen molar-refractivity contribution in [3.8, 4) is 0 Å². The van der Waals surface area contributed by atoms with Gasteiger partial charge in [-0.25, -0.2) is 8.42 Å². The Balaban J connectivity index is 1.26. The maximum atomic E-state index is 13.1. The zero-order chi connectivity index (χ0) is 23.2. The summed E-state index contributed by atoms with van der Waals surface area (Å²) < 4.78 is 27.7. The number of amidine groups is 1. The van der Waals surface area contributed by atoms with Crippen molar-refractivity contribution in [1.29, 1.82) is 0 Å². The Hall–Kier alpha value is -2.88. The van der Waals surface area contributed by atoms with E-state index in [1.807, 2.05) is 31.3 Å². The molecule has 8 nitrogen and oxygen atoms in total. The number of rotatable bonds is 4. The highest BCUT2D eigenvalue weighted by atomic mass is 35.5. The number of aliphatic imine (C=N–C) groups is 1. The first-order valence-corrected chi connectivity index (χ1v) is 12.6. The van der Waals surface area contributed by atoms with Gasteiger partial charge < -0.3 is 14.8 Å². The van der Waals surface area contributed by atoms with Crippen LogP contribution in [0.1, 0.15) is 15.9 Å². The quantitative estimate of drug-likeness (QED) is 0.615. The van der Waals surface area contributed by atoms with Crippen molar-refractivity contribution in [2.75, 3.05) is 46.3 Å². The Morgan fingerprint density at radius 3 is 2.39 bits per heavy atom. The second kappa shape index (κ2) is 8.48. The van der Waals surface area contributed by atoms with Gasteiger partial charge in [-0.15, -0.1) is 0 Å². The van der Waals surface area contributed by atoms with Gasteiger partial charge in [0.25, 0.3) is 15.9 Å². The fraction of sp³-hybridized carbons (Fsp3) is 0.304. The highest BCUT2D eigenvalue weighted by Gasteiger charge is 2.31. The van der Waals surface area contributed by atoms with Crippen LogP contribution in [0.2, 0.25) is 5.02 Å². The van der Waals surface area contributed by atoms with Gasteiger partial charge in [-0.05, 0) is 30.3 Å². The molecule has 1 N–H and O–H groups in total. The molecule has 172 valence electrons. The molecule has 1 saturated heterocycles. The van der Waals surface area contributed by atoms with Gasteiger partial charge in [0.15, 0.2) is 0 Å².